The third-order valence-electron chi connectivity index (χ3n) is 2.86. The van der Waals surface area contributed by atoms with Gasteiger partial charge in [-0.1, -0.05) is 32.9 Å². The predicted molar refractivity (Wildman–Crippen MR) is 59.2 cm³/mol. The second kappa shape index (κ2) is 3.68. The van der Waals surface area contributed by atoms with Gasteiger partial charge in [-0.05, 0) is 18.9 Å². The minimum Gasteiger partial charge on any atom is -0.266 e. The van der Waals surface area contributed by atoms with E-state index < -0.39 is 5.67 Å². The molecule has 0 aromatic rings. The van der Waals surface area contributed by atoms with Crippen LogP contribution in [0.1, 0.15) is 27.7 Å². The van der Waals surface area contributed by atoms with Crippen molar-refractivity contribution in [1.29, 1.82) is 0 Å². The van der Waals surface area contributed by atoms with E-state index in [0.717, 1.165) is 0 Å². The van der Waals surface area contributed by atoms with Gasteiger partial charge in [0.2, 0.25) is 0 Å². The molecule has 1 nitrogen and oxygen atoms in total. The van der Waals surface area contributed by atoms with Crippen LogP contribution in [0.3, 0.4) is 0 Å². The molecule has 0 radical (unpaired) electrons. The second-order valence-electron chi connectivity index (χ2n) is 4.60. The monoisotopic (exact) mass is 195 g/mol. The van der Waals surface area contributed by atoms with Crippen molar-refractivity contribution in [2.75, 3.05) is 0 Å². The van der Waals surface area contributed by atoms with Crippen molar-refractivity contribution in [3.05, 3.63) is 24.4 Å². The summed E-state index contributed by atoms with van der Waals surface area (Å²) >= 11 is 0. The summed E-state index contributed by atoms with van der Waals surface area (Å²) in [5, 5.41) is 0. The summed E-state index contributed by atoms with van der Waals surface area (Å²) in [6.07, 6.45) is 8.53. The molecule has 0 aromatic heterocycles. The molecular formula is C12H18FN. The maximum absolute atomic E-state index is 13.6. The molecule has 2 heteroatoms. The van der Waals surface area contributed by atoms with Gasteiger partial charge >= 0.3 is 0 Å². The molecule has 2 unspecified atom stereocenters. The van der Waals surface area contributed by atoms with Crippen LogP contribution in [0.4, 0.5) is 4.39 Å². The Labute approximate surface area is 85.4 Å². The molecule has 78 valence electrons. The topological polar surface area (TPSA) is 12.4 Å². The fraction of sp³-hybridized carbons (Fsp3) is 0.583. The molecule has 0 aromatic carbocycles. The summed E-state index contributed by atoms with van der Waals surface area (Å²) < 4.78 is 13.6. The molecule has 0 saturated carbocycles. The Hall–Kier alpha value is -0.920. The van der Waals surface area contributed by atoms with Crippen molar-refractivity contribution < 1.29 is 4.39 Å². The van der Waals surface area contributed by atoms with Crippen LogP contribution in [0.25, 0.3) is 0 Å². The lowest BCUT2D eigenvalue weighted by Gasteiger charge is -2.28. The van der Waals surface area contributed by atoms with Crippen LogP contribution in [-0.4, -0.2) is 11.9 Å². The van der Waals surface area contributed by atoms with Crippen LogP contribution in [0.5, 0.6) is 0 Å². The normalized spacial score (nSPS) is 41.9. The number of alkyl halides is 1. The summed E-state index contributed by atoms with van der Waals surface area (Å²) in [7, 11) is 0. The zero-order valence-electron chi connectivity index (χ0n) is 9.29. The second-order valence-corrected chi connectivity index (χ2v) is 4.60. The van der Waals surface area contributed by atoms with E-state index in [2.05, 4.69) is 25.8 Å². The fourth-order valence-electron chi connectivity index (χ4n) is 1.22. The van der Waals surface area contributed by atoms with Crippen molar-refractivity contribution >= 4 is 6.21 Å². The maximum atomic E-state index is 13.6. The van der Waals surface area contributed by atoms with Crippen molar-refractivity contribution in [3.63, 3.8) is 0 Å². The van der Waals surface area contributed by atoms with Gasteiger partial charge in [-0.3, -0.25) is 4.99 Å². The number of nitrogens with zero attached hydrogens (tertiary/aromatic N) is 1. The zero-order valence-corrected chi connectivity index (χ0v) is 9.29. The Kier molecular flexibility index (Phi) is 2.93. The number of hydrogen-bond donors (Lipinski definition) is 0. The molecular weight excluding hydrogens is 177 g/mol. The minimum absolute atomic E-state index is 0.106. The Bertz CT molecular complexity index is 287. The van der Waals surface area contributed by atoms with Crippen LogP contribution in [0.2, 0.25) is 0 Å². The van der Waals surface area contributed by atoms with E-state index in [4.69, 9.17) is 0 Å². The Morgan fingerprint density at radius 3 is 2.36 bits per heavy atom. The van der Waals surface area contributed by atoms with Crippen LogP contribution in [0, 0.1) is 11.3 Å². The van der Waals surface area contributed by atoms with Gasteiger partial charge < -0.3 is 0 Å². The molecule has 0 saturated heterocycles. The first-order valence-electron chi connectivity index (χ1n) is 4.97. The van der Waals surface area contributed by atoms with E-state index in [1.165, 1.54) is 13.1 Å². The summed E-state index contributed by atoms with van der Waals surface area (Å²) in [6, 6.07) is 0. The molecule has 14 heavy (non-hydrogen) atoms. The SMILES string of the molecule is CC(C)C1(C)/C=C\N=CC(C)(F)/C=C\1. The van der Waals surface area contributed by atoms with Gasteiger partial charge in [0, 0.05) is 17.8 Å². The van der Waals surface area contributed by atoms with Gasteiger partial charge in [-0.2, -0.15) is 0 Å². The molecule has 0 N–H and O–H groups in total. The Balaban J connectivity index is 3.04. The minimum atomic E-state index is -1.43. The molecule has 1 aliphatic rings. The van der Waals surface area contributed by atoms with E-state index in [0.29, 0.717) is 5.92 Å². The van der Waals surface area contributed by atoms with Crippen molar-refractivity contribution in [2.45, 2.75) is 33.4 Å². The average Bonchev–Trinajstić information content (AvgIpc) is 2.07. The standard InChI is InChI=1S/C12H18FN/c1-10(2)11(3)5-6-12(4,13)9-14-8-7-11/h5-10H,1-4H3/b6-5-,8-7-,14-9?. The summed E-state index contributed by atoms with van der Waals surface area (Å²) in [5.41, 5.74) is -1.54. The summed E-state index contributed by atoms with van der Waals surface area (Å²) in [4.78, 5) is 3.93. The lowest BCUT2D eigenvalue weighted by molar-refractivity contribution is 0.343. The van der Waals surface area contributed by atoms with Gasteiger partial charge in [0.15, 0.2) is 5.67 Å². The number of allylic oxidation sites excluding steroid dienone is 3. The highest BCUT2D eigenvalue weighted by Crippen LogP contribution is 2.32. The van der Waals surface area contributed by atoms with Crippen molar-refractivity contribution in [2.24, 2.45) is 16.3 Å². The highest BCUT2D eigenvalue weighted by atomic mass is 19.1. The van der Waals surface area contributed by atoms with Crippen molar-refractivity contribution in [1.82, 2.24) is 0 Å². The highest BCUT2D eigenvalue weighted by Gasteiger charge is 2.25. The first kappa shape index (κ1) is 11.2. The number of hydrogen-bond acceptors (Lipinski definition) is 1. The van der Waals surface area contributed by atoms with Gasteiger partial charge in [-0.15, -0.1) is 0 Å². The molecule has 0 spiro atoms. The van der Waals surface area contributed by atoms with Crippen molar-refractivity contribution in [3.8, 4) is 0 Å². The van der Waals surface area contributed by atoms with E-state index >= 15 is 0 Å². The van der Waals surface area contributed by atoms with Crippen LogP contribution >= 0.6 is 0 Å². The first-order chi connectivity index (χ1) is 6.36. The summed E-state index contributed by atoms with van der Waals surface area (Å²) in [5.74, 6) is 0.430. The van der Waals surface area contributed by atoms with E-state index in [1.54, 1.807) is 12.3 Å². The third-order valence-corrected chi connectivity index (χ3v) is 2.86. The fourth-order valence-corrected chi connectivity index (χ4v) is 1.22. The first-order valence-corrected chi connectivity index (χ1v) is 4.97. The van der Waals surface area contributed by atoms with Gasteiger partial charge in [0.05, 0.1) is 0 Å². The zero-order chi connectivity index (χ0) is 10.8. The average molecular weight is 195 g/mol. The van der Waals surface area contributed by atoms with Crippen LogP contribution < -0.4 is 0 Å². The molecule has 0 bridgehead atoms. The Morgan fingerprint density at radius 1 is 1.14 bits per heavy atom. The molecule has 0 aliphatic carbocycles. The molecule has 1 rings (SSSR count). The number of rotatable bonds is 1. The van der Waals surface area contributed by atoms with Gasteiger partial charge in [0.25, 0.3) is 0 Å². The van der Waals surface area contributed by atoms with Crippen LogP contribution in [-0.2, 0) is 0 Å². The van der Waals surface area contributed by atoms with E-state index in [1.807, 2.05) is 12.2 Å². The lowest BCUT2D eigenvalue weighted by Crippen LogP contribution is -2.23. The largest absolute Gasteiger partial charge is 0.266 e. The third kappa shape index (κ3) is 2.53. The molecule has 0 fully saturated rings. The van der Waals surface area contributed by atoms with Gasteiger partial charge in [-0.25, -0.2) is 4.39 Å². The Morgan fingerprint density at radius 2 is 1.79 bits per heavy atom. The van der Waals surface area contributed by atoms with E-state index in [-0.39, 0.29) is 5.41 Å². The number of halogens is 1. The van der Waals surface area contributed by atoms with E-state index in [9.17, 15) is 4.39 Å². The predicted octanol–water partition coefficient (Wildman–Crippen LogP) is 3.53. The summed E-state index contributed by atoms with van der Waals surface area (Å²) in [6.45, 7) is 7.83. The molecule has 1 heterocycles. The smallest absolute Gasteiger partial charge is 0.161 e. The maximum Gasteiger partial charge on any atom is 0.161 e. The van der Waals surface area contributed by atoms with Gasteiger partial charge in [0.1, 0.15) is 0 Å². The molecule has 0 amide bonds. The lowest BCUT2D eigenvalue weighted by atomic mass is 9.78. The highest BCUT2D eigenvalue weighted by molar-refractivity contribution is 5.71. The number of aliphatic imine (C=N–C) groups is 1. The quantitative estimate of drug-likeness (QED) is 0.567. The molecule has 2 atom stereocenters. The molecule has 1 aliphatic heterocycles. The van der Waals surface area contributed by atoms with Crippen LogP contribution in [0.15, 0.2) is 29.4 Å².